The monoisotopic (exact) mass is 519 g/mol. The largest absolute Gasteiger partial charge is 0.468 e. The van der Waals surface area contributed by atoms with Crippen molar-refractivity contribution < 1.29 is 28.7 Å². The summed E-state index contributed by atoms with van der Waals surface area (Å²) in [5.74, 6) is -1.42. The first-order chi connectivity index (χ1) is 17.1. The van der Waals surface area contributed by atoms with E-state index >= 15 is 0 Å². The molecule has 2 N–H and O–H groups in total. The SMILES string of the molecule is CCC(C)N(C(=O)C(CC(C)C)NC(=O)OC(C)(C)C)C(C(=O)NCC(=O)OC)c1cccc(C)c1C. The molecule has 0 saturated carbocycles. The van der Waals surface area contributed by atoms with Crippen molar-refractivity contribution in [3.63, 3.8) is 0 Å². The number of rotatable bonds is 11. The van der Waals surface area contributed by atoms with E-state index in [1.165, 1.54) is 12.0 Å². The second kappa shape index (κ2) is 14.0. The molecular weight excluding hydrogens is 474 g/mol. The third kappa shape index (κ3) is 9.70. The van der Waals surface area contributed by atoms with Crippen LogP contribution in [0.2, 0.25) is 0 Å². The second-order valence-corrected chi connectivity index (χ2v) is 10.8. The molecule has 1 aromatic carbocycles. The van der Waals surface area contributed by atoms with Crippen LogP contribution in [0.25, 0.3) is 0 Å². The number of methoxy groups -OCH3 is 1. The van der Waals surface area contributed by atoms with Gasteiger partial charge in [-0.2, -0.15) is 0 Å². The van der Waals surface area contributed by atoms with Crippen molar-refractivity contribution in [2.45, 2.75) is 98.9 Å². The number of alkyl carbamates (subject to hydrolysis) is 1. The molecule has 0 saturated heterocycles. The van der Waals surface area contributed by atoms with Gasteiger partial charge in [-0.15, -0.1) is 0 Å². The van der Waals surface area contributed by atoms with Gasteiger partial charge in [0, 0.05) is 6.04 Å². The molecule has 0 aliphatic heterocycles. The lowest BCUT2D eigenvalue weighted by Gasteiger charge is -2.39. The fraction of sp³-hybridized carbons (Fsp3) is 0.643. The van der Waals surface area contributed by atoms with Crippen LogP contribution in [0.4, 0.5) is 4.79 Å². The lowest BCUT2D eigenvalue weighted by atomic mass is 9.93. The Kier molecular flexibility index (Phi) is 12.1. The first-order valence-corrected chi connectivity index (χ1v) is 12.8. The fourth-order valence-corrected chi connectivity index (χ4v) is 3.93. The van der Waals surface area contributed by atoms with E-state index in [0.717, 1.165) is 11.1 Å². The molecular formula is C28H45N3O6. The summed E-state index contributed by atoms with van der Waals surface area (Å²) in [5.41, 5.74) is 1.74. The van der Waals surface area contributed by atoms with Crippen molar-refractivity contribution in [2.75, 3.05) is 13.7 Å². The normalized spacial score (nSPS) is 13.8. The highest BCUT2D eigenvalue weighted by Crippen LogP contribution is 2.30. The van der Waals surface area contributed by atoms with Crippen LogP contribution in [-0.4, -0.2) is 60.1 Å². The first kappa shape index (κ1) is 31.9. The van der Waals surface area contributed by atoms with E-state index in [9.17, 15) is 19.2 Å². The van der Waals surface area contributed by atoms with Gasteiger partial charge in [0.05, 0.1) is 7.11 Å². The topological polar surface area (TPSA) is 114 Å². The standard InChI is InChI=1S/C28H45N3O6/c1-11-19(5)31(26(34)22(15-17(2)3)30-27(35)37-28(7,8)9)24(25(33)29-16-23(32)36-10)21-14-12-13-18(4)20(21)6/h12-14,17,19,22,24H,11,15-16H2,1-10H3,(H,29,33)(H,30,35). The summed E-state index contributed by atoms with van der Waals surface area (Å²) < 4.78 is 10.1. The number of hydrogen-bond acceptors (Lipinski definition) is 6. The highest BCUT2D eigenvalue weighted by molar-refractivity contribution is 5.93. The summed E-state index contributed by atoms with van der Waals surface area (Å²) in [6.45, 7) is 16.5. The number of nitrogens with zero attached hydrogens (tertiary/aromatic N) is 1. The molecule has 37 heavy (non-hydrogen) atoms. The number of carbonyl (C=O) groups excluding carboxylic acids is 4. The lowest BCUT2D eigenvalue weighted by Crippen LogP contribution is -2.56. The molecule has 3 amide bonds. The number of benzene rings is 1. The van der Waals surface area contributed by atoms with Crippen LogP contribution in [0.1, 0.15) is 84.0 Å². The molecule has 3 atom stereocenters. The van der Waals surface area contributed by atoms with Gasteiger partial charge in [-0.25, -0.2) is 4.79 Å². The van der Waals surface area contributed by atoms with Gasteiger partial charge < -0.3 is 25.0 Å². The minimum absolute atomic E-state index is 0.0787. The number of hydrogen-bond donors (Lipinski definition) is 2. The van der Waals surface area contributed by atoms with Gasteiger partial charge in [0.15, 0.2) is 0 Å². The minimum Gasteiger partial charge on any atom is -0.468 e. The number of aryl methyl sites for hydroxylation is 1. The van der Waals surface area contributed by atoms with E-state index in [1.807, 2.05) is 59.7 Å². The van der Waals surface area contributed by atoms with E-state index in [4.69, 9.17) is 4.74 Å². The molecule has 0 spiro atoms. The van der Waals surface area contributed by atoms with Crippen molar-refractivity contribution >= 4 is 23.9 Å². The predicted molar refractivity (Wildman–Crippen MR) is 143 cm³/mol. The molecule has 1 aromatic rings. The number of carbonyl (C=O) groups is 4. The maximum Gasteiger partial charge on any atom is 0.408 e. The van der Waals surface area contributed by atoms with E-state index in [2.05, 4.69) is 15.4 Å². The molecule has 0 fully saturated rings. The Labute approximate surface area is 221 Å². The molecule has 0 aliphatic carbocycles. The van der Waals surface area contributed by atoms with Gasteiger partial charge in [0.2, 0.25) is 11.8 Å². The van der Waals surface area contributed by atoms with Crippen molar-refractivity contribution in [1.82, 2.24) is 15.5 Å². The third-order valence-electron chi connectivity index (χ3n) is 6.12. The Morgan fingerprint density at radius 2 is 1.68 bits per heavy atom. The number of esters is 1. The Morgan fingerprint density at radius 3 is 2.19 bits per heavy atom. The third-order valence-corrected chi connectivity index (χ3v) is 6.12. The summed E-state index contributed by atoms with van der Waals surface area (Å²) in [7, 11) is 1.24. The van der Waals surface area contributed by atoms with Crippen molar-refractivity contribution in [3.8, 4) is 0 Å². The maximum atomic E-state index is 14.2. The molecule has 0 aliphatic rings. The van der Waals surface area contributed by atoms with Crippen LogP contribution in [-0.2, 0) is 23.9 Å². The zero-order valence-electron chi connectivity index (χ0n) is 24.1. The zero-order chi connectivity index (χ0) is 28.5. The van der Waals surface area contributed by atoms with Gasteiger partial charge in [-0.1, -0.05) is 39.0 Å². The smallest absolute Gasteiger partial charge is 0.408 e. The molecule has 1 rings (SSSR count). The minimum atomic E-state index is -1.03. The van der Waals surface area contributed by atoms with Crippen LogP contribution < -0.4 is 10.6 Å². The predicted octanol–water partition coefficient (Wildman–Crippen LogP) is 4.20. The second-order valence-electron chi connectivity index (χ2n) is 10.8. The fourth-order valence-electron chi connectivity index (χ4n) is 3.93. The highest BCUT2D eigenvalue weighted by atomic mass is 16.6. The van der Waals surface area contributed by atoms with Crippen LogP contribution in [0.3, 0.4) is 0 Å². The molecule has 9 heteroatoms. The summed E-state index contributed by atoms with van der Waals surface area (Å²) in [5, 5.41) is 5.36. The highest BCUT2D eigenvalue weighted by Gasteiger charge is 2.39. The maximum absolute atomic E-state index is 14.2. The molecule has 0 radical (unpaired) electrons. The Hall–Kier alpha value is -3.10. The van der Waals surface area contributed by atoms with Gasteiger partial charge in [-0.05, 0) is 77.0 Å². The average Bonchev–Trinajstić information content (AvgIpc) is 2.80. The molecule has 208 valence electrons. The van der Waals surface area contributed by atoms with Crippen LogP contribution >= 0.6 is 0 Å². The molecule has 3 unspecified atom stereocenters. The Balaban J connectivity index is 3.61. The van der Waals surface area contributed by atoms with Crippen molar-refractivity contribution in [2.24, 2.45) is 5.92 Å². The quantitative estimate of drug-likeness (QED) is 0.424. The zero-order valence-corrected chi connectivity index (χ0v) is 24.1. The van der Waals surface area contributed by atoms with Crippen LogP contribution in [0, 0.1) is 19.8 Å². The summed E-state index contributed by atoms with van der Waals surface area (Å²) in [6, 6.07) is 3.29. The number of nitrogens with one attached hydrogen (secondary N) is 2. The molecule has 0 bridgehead atoms. The summed E-state index contributed by atoms with van der Waals surface area (Å²) in [6.07, 6.45) is 0.223. The van der Waals surface area contributed by atoms with Gasteiger partial charge in [0.25, 0.3) is 0 Å². The van der Waals surface area contributed by atoms with E-state index < -0.39 is 41.6 Å². The first-order valence-electron chi connectivity index (χ1n) is 12.8. The van der Waals surface area contributed by atoms with E-state index in [-0.39, 0.29) is 18.5 Å². The molecule has 9 nitrogen and oxygen atoms in total. The van der Waals surface area contributed by atoms with Crippen molar-refractivity contribution in [3.05, 3.63) is 34.9 Å². The average molecular weight is 520 g/mol. The van der Waals surface area contributed by atoms with Crippen molar-refractivity contribution in [1.29, 1.82) is 0 Å². The summed E-state index contributed by atoms with van der Waals surface area (Å²) >= 11 is 0. The van der Waals surface area contributed by atoms with Crippen LogP contribution in [0.15, 0.2) is 18.2 Å². The lowest BCUT2D eigenvalue weighted by molar-refractivity contribution is -0.146. The van der Waals surface area contributed by atoms with Gasteiger partial charge in [0.1, 0.15) is 24.2 Å². The summed E-state index contributed by atoms with van der Waals surface area (Å²) in [4.78, 5) is 53.8. The van der Waals surface area contributed by atoms with Gasteiger partial charge in [-0.3, -0.25) is 14.4 Å². The van der Waals surface area contributed by atoms with Gasteiger partial charge >= 0.3 is 12.1 Å². The Bertz CT molecular complexity index is 954. The molecule has 0 heterocycles. The number of amides is 3. The van der Waals surface area contributed by atoms with E-state index in [0.29, 0.717) is 18.4 Å². The van der Waals surface area contributed by atoms with E-state index in [1.54, 1.807) is 20.8 Å². The Morgan fingerprint density at radius 1 is 1.05 bits per heavy atom. The molecule has 0 aromatic heterocycles. The van der Waals surface area contributed by atoms with Crippen LogP contribution in [0.5, 0.6) is 0 Å². The number of ether oxygens (including phenoxy) is 2.